The van der Waals surface area contributed by atoms with E-state index in [1.807, 2.05) is 17.4 Å². The van der Waals surface area contributed by atoms with Crippen LogP contribution >= 0.6 is 11.3 Å². The van der Waals surface area contributed by atoms with Gasteiger partial charge in [-0.1, -0.05) is 48.5 Å². The molecule has 30 heavy (non-hydrogen) atoms. The Morgan fingerprint density at radius 3 is 2.23 bits per heavy atom. The van der Waals surface area contributed by atoms with Crippen LogP contribution < -0.4 is 0 Å². The summed E-state index contributed by atoms with van der Waals surface area (Å²) in [6.07, 6.45) is 0. The summed E-state index contributed by atoms with van der Waals surface area (Å²) < 4.78 is 7.17. The molecule has 0 atom stereocenters. The van der Waals surface area contributed by atoms with Gasteiger partial charge >= 0.3 is 0 Å². The van der Waals surface area contributed by atoms with E-state index in [1.165, 1.54) is 42.0 Å². The first-order valence-corrected chi connectivity index (χ1v) is 10.9. The zero-order valence-electron chi connectivity index (χ0n) is 16.3. The lowest BCUT2D eigenvalue weighted by molar-refractivity contribution is 0.870. The molecule has 0 radical (unpaired) electrons. The predicted octanol–water partition coefficient (Wildman–Crippen LogP) is 7.04. The van der Waals surface area contributed by atoms with Crippen molar-refractivity contribution < 1.29 is 0 Å². The Morgan fingerprint density at radius 1 is 0.633 bits per heavy atom. The van der Waals surface area contributed by atoms with Crippen molar-refractivity contribution in [2.45, 2.75) is 0 Å². The lowest BCUT2D eigenvalue weighted by Crippen LogP contribution is -2.02. The fourth-order valence-corrected chi connectivity index (χ4v) is 5.86. The molecule has 0 aliphatic rings. The Morgan fingerprint density at radius 2 is 1.37 bits per heavy atom. The molecule has 0 fully saturated rings. The molecule has 3 aromatic heterocycles. The van der Waals surface area contributed by atoms with Crippen LogP contribution in [0.15, 0.2) is 84.9 Å². The number of para-hydroxylation sites is 3. The minimum absolute atomic E-state index is 0.946. The largest absolute Gasteiger partial charge is 0.313 e. The highest BCUT2D eigenvalue weighted by Gasteiger charge is 2.18. The minimum Gasteiger partial charge on any atom is -0.313 e. The third-order valence-corrected chi connectivity index (χ3v) is 7.27. The quantitative estimate of drug-likeness (QED) is 0.288. The van der Waals surface area contributed by atoms with Crippen molar-refractivity contribution in [3.8, 4) is 5.95 Å². The zero-order valence-corrected chi connectivity index (χ0v) is 17.1. The minimum atomic E-state index is 0.946. The molecular weight excluding hydrogens is 386 g/mol. The van der Waals surface area contributed by atoms with E-state index in [9.17, 15) is 0 Å². The standard InChI is InChI=1S/C26H17N3S/c1-28-22-12-6-4-10-20(22)27-26(28)29-21-11-5-2-8-16(21)18-15-25-19(14-23(18)29)17-9-3-7-13-24(17)30-25/h2-15H,1H3. The van der Waals surface area contributed by atoms with Crippen LogP contribution in [0.3, 0.4) is 0 Å². The van der Waals surface area contributed by atoms with Crippen molar-refractivity contribution in [3.63, 3.8) is 0 Å². The van der Waals surface area contributed by atoms with Crippen LogP contribution in [0.4, 0.5) is 0 Å². The molecule has 7 aromatic rings. The highest BCUT2D eigenvalue weighted by Crippen LogP contribution is 2.40. The number of hydrogen-bond acceptors (Lipinski definition) is 2. The van der Waals surface area contributed by atoms with E-state index in [0.29, 0.717) is 0 Å². The maximum absolute atomic E-state index is 5.01. The first-order valence-electron chi connectivity index (χ1n) is 10.1. The molecule has 0 N–H and O–H groups in total. The van der Waals surface area contributed by atoms with E-state index < -0.39 is 0 Å². The number of aromatic nitrogens is 3. The van der Waals surface area contributed by atoms with Gasteiger partial charge in [0, 0.05) is 38.0 Å². The predicted molar refractivity (Wildman–Crippen MR) is 128 cm³/mol. The lowest BCUT2D eigenvalue weighted by atomic mass is 10.1. The first-order chi connectivity index (χ1) is 14.8. The number of benzene rings is 4. The number of nitrogens with zero attached hydrogens (tertiary/aromatic N) is 3. The Hall–Kier alpha value is -3.63. The molecule has 0 saturated heterocycles. The average Bonchev–Trinajstić information content (AvgIpc) is 3.42. The summed E-state index contributed by atoms with van der Waals surface area (Å²) in [5.74, 6) is 0.946. The number of imidazole rings is 1. The van der Waals surface area contributed by atoms with Gasteiger partial charge in [-0.05, 0) is 36.4 Å². The van der Waals surface area contributed by atoms with E-state index in [2.05, 4.69) is 95.0 Å². The van der Waals surface area contributed by atoms with Crippen LogP contribution in [-0.2, 0) is 7.05 Å². The third-order valence-electron chi connectivity index (χ3n) is 6.13. The monoisotopic (exact) mass is 403 g/mol. The zero-order chi connectivity index (χ0) is 19.8. The van der Waals surface area contributed by atoms with Crippen LogP contribution in [-0.4, -0.2) is 14.1 Å². The molecule has 0 saturated carbocycles. The van der Waals surface area contributed by atoms with Gasteiger partial charge < -0.3 is 4.57 Å². The van der Waals surface area contributed by atoms with Crippen molar-refractivity contribution in [2.75, 3.05) is 0 Å². The van der Waals surface area contributed by atoms with Crippen LogP contribution in [0.1, 0.15) is 0 Å². The normalized spacial score (nSPS) is 12.2. The highest BCUT2D eigenvalue weighted by atomic mass is 32.1. The van der Waals surface area contributed by atoms with Crippen LogP contribution in [0.2, 0.25) is 0 Å². The first kappa shape index (κ1) is 16.2. The van der Waals surface area contributed by atoms with E-state index in [-0.39, 0.29) is 0 Å². The van der Waals surface area contributed by atoms with Crippen molar-refractivity contribution >= 4 is 64.3 Å². The topological polar surface area (TPSA) is 22.8 Å². The average molecular weight is 404 g/mol. The molecule has 0 aliphatic heterocycles. The van der Waals surface area contributed by atoms with E-state index in [0.717, 1.165) is 17.0 Å². The van der Waals surface area contributed by atoms with Crippen molar-refractivity contribution in [1.29, 1.82) is 0 Å². The Balaban J connectivity index is 1.70. The Kier molecular flexibility index (Phi) is 3.08. The summed E-state index contributed by atoms with van der Waals surface area (Å²) in [6, 6.07) is 30.4. The SMILES string of the molecule is Cn1c(-n2c3ccccc3c3cc4sc5ccccc5c4cc32)nc2ccccc21. The van der Waals surface area contributed by atoms with Gasteiger partial charge in [0.15, 0.2) is 0 Å². The summed E-state index contributed by atoms with van der Waals surface area (Å²) in [6.45, 7) is 0. The maximum Gasteiger partial charge on any atom is 0.215 e. The second-order valence-corrected chi connectivity index (χ2v) is 8.86. The summed E-state index contributed by atoms with van der Waals surface area (Å²) in [5.41, 5.74) is 4.54. The number of fused-ring (bicyclic) bond motifs is 7. The summed E-state index contributed by atoms with van der Waals surface area (Å²) in [4.78, 5) is 5.01. The van der Waals surface area contributed by atoms with Gasteiger partial charge in [-0.15, -0.1) is 11.3 Å². The molecular formula is C26H17N3S. The molecule has 142 valence electrons. The van der Waals surface area contributed by atoms with Crippen molar-refractivity contribution in [3.05, 3.63) is 84.9 Å². The van der Waals surface area contributed by atoms with Gasteiger partial charge in [0.25, 0.3) is 0 Å². The van der Waals surface area contributed by atoms with Gasteiger partial charge in [0.1, 0.15) is 0 Å². The van der Waals surface area contributed by atoms with Crippen molar-refractivity contribution in [1.82, 2.24) is 14.1 Å². The number of hydrogen-bond donors (Lipinski definition) is 0. The van der Waals surface area contributed by atoms with Crippen LogP contribution in [0, 0.1) is 0 Å². The fraction of sp³-hybridized carbons (Fsp3) is 0.0385. The Bertz CT molecular complexity index is 1760. The molecule has 4 heteroatoms. The molecule has 7 rings (SSSR count). The molecule has 0 spiro atoms. The Labute approximate surface area is 176 Å². The number of thiophene rings is 1. The molecule has 0 bridgehead atoms. The summed E-state index contributed by atoms with van der Waals surface area (Å²) >= 11 is 1.87. The molecule has 3 heterocycles. The fourth-order valence-electron chi connectivity index (χ4n) is 4.74. The molecule has 3 nitrogen and oxygen atoms in total. The van der Waals surface area contributed by atoms with Gasteiger partial charge in [0.2, 0.25) is 5.95 Å². The molecule has 0 amide bonds. The maximum atomic E-state index is 5.01. The smallest absolute Gasteiger partial charge is 0.215 e. The van der Waals surface area contributed by atoms with Gasteiger partial charge in [-0.25, -0.2) is 4.98 Å². The highest BCUT2D eigenvalue weighted by molar-refractivity contribution is 7.25. The van der Waals surface area contributed by atoms with Gasteiger partial charge in [-0.3, -0.25) is 4.57 Å². The van der Waals surface area contributed by atoms with Crippen molar-refractivity contribution in [2.24, 2.45) is 7.05 Å². The molecule has 0 unspecified atom stereocenters. The molecule has 0 aliphatic carbocycles. The van der Waals surface area contributed by atoms with Gasteiger partial charge in [-0.2, -0.15) is 0 Å². The summed E-state index contributed by atoms with van der Waals surface area (Å²) in [7, 11) is 2.10. The van der Waals surface area contributed by atoms with Gasteiger partial charge in [0.05, 0.1) is 22.1 Å². The van der Waals surface area contributed by atoms with E-state index in [1.54, 1.807) is 0 Å². The number of aryl methyl sites for hydroxylation is 1. The second-order valence-electron chi connectivity index (χ2n) is 7.78. The second kappa shape index (κ2) is 5.71. The third kappa shape index (κ3) is 2.01. The van der Waals surface area contributed by atoms with Crippen LogP contribution in [0.25, 0.3) is 59.0 Å². The van der Waals surface area contributed by atoms with Crippen LogP contribution in [0.5, 0.6) is 0 Å². The van der Waals surface area contributed by atoms with E-state index in [4.69, 9.17) is 4.98 Å². The number of rotatable bonds is 1. The molecule has 4 aromatic carbocycles. The lowest BCUT2D eigenvalue weighted by Gasteiger charge is -2.07. The summed E-state index contributed by atoms with van der Waals surface area (Å²) in [5, 5.41) is 5.17. The van der Waals surface area contributed by atoms with E-state index >= 15 is 0 Å².